The molecule has 20 heavy (non-hydrogen) atoms. The van der Waals surface area contributed by atoms with Crippen molar-refractivity contribution in [3.8, 4) is 5.75 Å². The first kappa shape index (κ1) is 14.7. The summed E-state index contributed by atoms with van der Waals surface area (Å²) in [4.78, 5) is 1.16. The Morgan fingerprint density at radius 3 is 2.40 bits per heavy atom. The second-order valence-corrected chi connectivity index (χ2v) is 5.26. The Kier molecular flexibility index (Phi) is 5.26. The fourth-order valence-corrected chi connectivity index (χ4v) is 2.49. The van der Waals surface area contributed by atoms with Gasteiger partial charge in [0.25, 0.3) is 0 Å². The summed E-state index contributed by atoms with van der Waals surface area (Å²) in [6.45, 7) is 0. The summed E-state index contributed by atoms with van der Waals surface area (Å²) in [7, 11) is 1.65. The summed E-state index contributed by atoms with van der Waals surface area (Å²) >= 11 is 7.01. The van der Waals surface area contributed by atoms with Crippen molar-refractivity contribution in [1.29, 1.82) is 0 Å². The Morgan fingerprint density at radius 1 is 1.05 bits per heavy atom. The van der Waals surface area contributed by atoms with Crippen LogP contribution in [0.4, 0.5) is 11.4 Å². The maximum absolute atomic E-state index is 5.32. The van der Waals surface area contributed by atoms with Crippen LogP contribution < -0.4 is 15.4 Å². The van der Waals surface area contributed by atoms with Gasteiger partial charge in [0, 0.05) is 10.6 Å². The first-order chi connectivity index (χ1) is 9.72. The highest BCUT2D eigenvalue weighted by Crippen LogP contribution is 2.24. The van der Waals surface area contributed by atoms with E-state index in [1.807, 2.05) is 48.7 Å². The highest BCUT2D eigenvalue weighted by Gasteiger charge is 2.03. The summed E-state index contributed by atoms with van der Waals surface area (Å²) in [5.41, 5.74) is 1.93. The van der Waals surface area contributed by atoms with E-state index in [4.69, 9.17) is 17.0 Å². The van der Waals surface area contributed by atoms with Crippen LogP contribution >= 0.6 is 24.0 Å². The van der Waals surface area contributed by atoms with Crippen LogP contribution in [-0.2, 0) is 0 Å². The van der Waals surface area contributed by atoms with Crippen molar-refractivity contribution in [2.45, 2.75) is 4.90 Å². The summed E-state index contributed by atoms with van der Waals surface area (Å²) in [5.74, 6) is 0.821. The number of ether oxygens (including phenoxy) is 1. The lowest BCUT2D eigenvalue weighted by Crippen LogP contribution is -2.19. The van der Waals surface area contributed by atoms with Crippen LogP contribution in [-0.4, -0.2) is 18.5 Å². The van der Waals surface area contributed by atoms with E-state index in [9.17, 15) is 0 Å². The van der Waals surface area contributed by atoms with E-state index in [1.54, 1.807) is 18.9 Å². The van der Waals surface area contributed by atoms with Gasteiger partial charge in [-0.3, -0.25) is 0 Å². The first-order valence-corrected chi connectivity index (χ1v) is 7.71. The molecule has 104 valence electrons. The third-order valence-electron chi connectivity index (χ3n) is 2.70. The predicted molar refractivity (Wildman–Crippen MR) is 91.1 cm³/mol. The Labute approximate surface area is 128 Å². The highest BCUT2D eigenvalue weighted by molar-refractivity contribution is 7.98. The quantitative estimate of drug-likeness (QED) is 0.652. The molecular formula is C15H16N2OS2. The molecule has 5 heteroatoms. The van der Waals surface area contributed by atoms with Gasteiger partial charge in [-0.15, -0.1) is 11.8 Å². The molecule has 2 aromatic carbocycles. The van der Waals surface area contributed by atoms with Crippen LogP contribution in [0, 0.1) is 0 Å². The van der Waals surface area contributed by atoms with E-state index in [1.165, 1.54) is 0 Å². The SMILES string of the molecule is COc1ccc(NC(=S)Nc2ccccc2SC)cc1. The molecule has 0 unspecified atom stereocenters. The van der Waals surface area contributed by atoms with Crippen LogP contribution in [0.25, 0.3) is 0 Å². The molecule has 0 aliphatic carbocycles. The zero-order chi connectivity index (χ0) is 14.4. The molecule has 2 aromatic rings. The molecule has 0 fully saturated rings. The number of hydrogen-bond donors (Lipinski definition) is 2. The second kappa shape index (κ2) is 7.17. The third kappa shape index (κ3) is 3.88. The molecule has 0 saturated carbocycles. The first-order valence-electron chi connectivity index (χ1n) is 6.08. The van der Waals surface area contributed by atoms with Crippen molar-refractivity contribution < 1.29 is 4.74 Å². The highest BCUT2D eigenvalue weighted by atomic mass is 32.2. The molecule has 0 aliphatic heterocycles. The van der Waals surface area contributed by atoms with Gasteiger partial charge >= 0.3 is 0 Å². The predicted octanol–water partition coefficient (Wildman–Crippen LogP) is 4.23. The molecular weight excluding hydrogens is 288 g/mol. The average Bonchev–Trinajstić information content (AvgIpc) is 2.48. The van der Waals surface area contributed by atoms with Crippen LogP contribution in [0.2, 0.25) is 0 Å². The standard InChI is InChI=1S/C15H16N2OS2/c1-18-12-9-7-11(8-10-12)16-15(19)17-13-5-3-4-6-14(13)20-2/h3-10H,1-2H3,(H2,16,17,19). The lowest BCUT2D eigenvalue weighted by atomic mass is 10.3. The minimum atomic E-state index is 0.566. The van der Waals surface area contributed by atoms with E-state index in [-0.39, 0.29) is 0 Å². The molecule has 0 radical (unpaired) electrons. The lowest BCUT2D eigenvalue weighted by molar-refractivity contribution is 0.415. The van der Waals surface area contributed by atoms with Gasteiger partial charge in [-0.1, -0.05) is 12.1 Å². The van der Waals surface area contributed by atoms with E-state index in [2.05, 4.69) is 16.7 Å². The monoisotopic (exact) mass is 304 g/mol. The summed E-state index contributed by atoms with van der Waals surface area (Å²) in [6.07, 6.45) is 2.04. The van der Waals surface area contributed by atoms with Crippen LogP contribution in [0.1, 0.15) is 0 Å². The van der Waals surface area contributed by atoms with Crippen LogP contribution in [0.5, 0.6) is 5.75 Å². The molecule has 3 nitrogen and oxygen atoms in total. The molecule has 0 aromatic heterocycles. The molecule has 2 N–H and O–H groups in total. The Bertz CT molecular complexity index is 585. The summed E-state index contributed by atoms with van der Waals surface area (Å²) in [6, 6.07) is 15.7. The molecule has 0 atom stereocenters. The van der Waals surface area contributed by atoms with Crippen molar-refractivity contribution >= 4 is 40.5 Å². The van der Waals surface area contributed by atoms with Crippen molar-refractivity contribution in [3.05, 3.63) is 48.5 Å². The zero-order valence-electron chi connectivity index (χ0n) is 11.3. The number of thioether (sulfide) groups is 1. The number of methoxy groups -OCH3 is 1. The fraction of sp³-hybridized carbons (Fsp3) is 0.133. The molecule has 2 rings (SSSR count). The van der Waals surface area contributed by atoms with Gasteiger partial charge in [-0.2, -0.15) is 0 Å². The van der Waals surface area contributed by atoms with Crippen LogP contribution in [0.15, 0.2) is 53.4 Å². The topological polar surface area (TPSA) is 33.3 Å². The number of rotatable bonds is 4. The summed E-state index contributed by atoms with van der Waals surface area (Å²) < 4.78 is 5.12. The Morgan fingerprint density at radius 2 is 1.75 bits per heavy atom. The smallest absolute Gasteiger partial charge is 0.175 e. The van der Waals surface area contributed by atoms with Gasteiger partial charge in [-0.25, -0.2) is 0 Å². The normalized spacial score (nSPS) is 9.90. The third-order valence-corrected chi connectivity index (χ3v) is 3.70. The molecule has 0 saturated heterocycles. The van der Waals surface area contributed by atoms with E-state index >= 15 is 0 Å². The van der Waals surface area contributed by atoms with E-state index < -0.39 is 0 Å². The van der Waals surface area contributed by atoms with Crippen molar-refractivity contribution in [1.82, 2.24) is 0 Å². The second-order valence-electron chi connectivity index (χ2n) is 4.01. The van der Waals surface area contributed by atoms with Gasteiger partial charge in [-0.05, 0) is 54.9 Å². The summed E-state index contributed by atoms with van der Waals surface area (Å²) in [5, 5.41) is 6.92. The lowest BCUT2D eigenvalue weighted by Gasteiger charge is -2.13. The van der Waals surface area contributed by atoms with E-state index in [0.717, 1.165) is 22.0 Å². The Hall–Kier alpha value is -1.72. The van der Waals surface area contributed by atoms with E-state index in [0.29, 0.717) is 5.11 Å². The molecule has 0 aliphatic rings. The number of benzene rings is 2. The minimum Gasteiger partial charge on any atom is -0.497 e. The maximum Gasteiger partial charge on any atom is 0.175 e. The number of nitrogens with one attached hydrogen (secondary N) is 2. The number of hydrogen-bond acceptors (Lipinski definition) is 3. The van der Waals surface area contributed by atoms with Gasteiger partial charge in [0.2, 0.25) is 0 Å². The van der Waals surface area contributed by atoms with Crippen molar-refractivity contribution in [2.75, 3.05) is 24.0 Å². The van der Waals surface area contributed by atoms with Gasteiger partial charge in [0.15, 0.2) is 5.11 Å². The maximum atomic E-state index is 5.32. The number of thiocarbonyl (C=S) groups is 1. The average molecular weight is 304 g/mol. The van der Waals surface area contributed by atoms with Crippen molar-refractivity contribution in [3.63, 3.8) is 0 Å². The zero-order valence-corrected chi connectivity index (χ0v) is 13.0. The molecule has 0 spiro atoms. The van der Waals surface area contributed by atoms with Crippen LogP contribution in [0.3, 0.4) is 0 Å². The Balaban J connectivity index is 2.01. The molecule has 0 bridgehead atoms. The molecule has 0 amide bonds. The van der Waals surface area contributed by atoms with Gasteiger partial charge in [0.05, 0.1) is 12.8 Å². The van der Waals surface area contributed by atoms with Crippen molar-refractivity contribution in [2.24, 2.45) is 0 Å². The number of para-hydroxylation sites is 1. The largest absolute Gasteiger partial charge is 0.497 e. The minimum absolute atomic E-state index is 0.566. The number of anilines is 2. The van der Waals surface area contributed by atoms with Gasteiger partial charge < -0.3 is 15.4 Å². The fourth-order valence-electron chi connectivity index (χ4n) is 1.71. The molecule has 0 heterocycles. The van der Waals surface area contributed by atoms with Gasteiger partial charge in [0.1, 0.15) is 5.75 Å².